The van der Waals surface area contributed by atoms with Crippen molar-refractivity contribution in [2.75, 3.05) is 13.2 Å². The van der Waals surface area contributed by atoms with Gasteiger partial charge in [0.15, 0.2) is 5.82 Å². The molecule has 0 aromatic heterocycles. The highest BCUT2D eigenvalue weighted by Gasteiger charge is 2.43. The number of carbonyl (C=O) groups is 1. The fourth-order valence-corrected chi connectivity index (χ4v) is 3.70. The van der Waals surface area contributed by atoms with Crippen LogP contribution in [0.5, 0.6) is 0 Å². The molecular formula is C12H13BrFNO5S. The summed E-state index contributed by atoms with van der Waals surface area (Å²) in [5.41, 5.74) is -1.21. The molecule has 1 aromatic carbocycles. The van der Waals surface area contributed by atoms with Crippen molar-refractivity contribution in [2.45, 2.75) is 17.7 Å². The van der Waals surface area contributed by atoms with Crippen LogP contribution in [0.1, 0.15) is 23.2 Å². The Morgan fingerprint density at radius 3 is 2.52 bits per heavy atom. The van der Waals surface area contributed by atoms with E-state index >= 15 is 0 Å². The van der Waals surface area contributed by atoms with E-state index in [9.17, 15) is 17.6 Å². The van der Waals surface area contributed by atoms with Crippen molar-refractivity contribution in [1.29, 1.82) is 0 Å². The molecule has 2 rings (SSSR count). The van der Waals surface area contributed by atoms with E-state index in [0.717, 1.165) is 12.1 Å². The SMILES string of the molecule is O=C(O)c1cc(Br)cc(S(=O)(=O)NCC2(CO)CC2)c1F. The van der Waals surface area contributed by atoms with E-state index in [2.05, 4.69) is 20.7 Å². The highest BCUT2D eigenvalue weighted by Crippen LogP contribution is 2.44. The summed E-state index contributed by atoms with van der Waals surface area (Å²) in [6.07, 6.45) is 1.38. The highest BCUT2D eigenvalue weighted by molar-refractivity contribution is 9.10. The zero-order valence-electron chi connectivity index (χ0n) is 10.8. The normalized spacial score (nSPS) is 16.7. The number of hydrogen-bond donors (Lipinski definition) is 3. The average Bonchev–Trinajstić information content (AvgIpc) is 3.19. The van der Waals surface area contributed by atoms with E-state index in [-0.39, 0.29) is 17.6 Å². The summed E-state index contributed by atoms with van der Waals surface area (Å²) >= 11 is 2.96. The van der Waals surface area contributed by atoms with Gasteiger partial charge in [-0.2, -0.15) is 0 Å². The lowest BCUT2D eigenvalue weighted by Gasteiger charge is -2.14. The molecule has 0 heterocycles. The van der Waals surface area contributed by atoms with Gasteiger partial charge in [0.1, 0.15) is 4.90 Å². The van der Waals surface area contributed by atoms with Gasteiger partial charge in [0.05, 0.1) is 5.56 Å². The molecule has 0 spiro atoms. The quantitative estimate of drug-likeness (QED) is 0.689. The Kier molecular flexibility index (Phi) is 4.39. The molecule has 9 heteroatoms. The predicted molar refractivity (Wildman–Crippen MR) is 75.0 cm³/mol. The van der Waals surface area contributed by atoms with Gasteiger partial charge in [-0.25, -0.2) is 22.3 Å². The minimum absolute atomic E-state index is 0.0137. The number of carboxylic acid groups (broad SMARTS) is 1. The van der Waals surface area contributed by atoms with E-state index in [1.807, 2.05) is 0 Å². The molecule has 0 saturated heterocycles. The molecule has 0 aliphatic heterocycles. The van der Waals surface area contributed by atoms with E-state index in [4.69, 9.17) is 10.2 Å². The van der Waals surface area contributed by atoms with Gasteiger partial charge < -0.3 is 10.2 Å². The summed E-state index contributed by atoms with van der Waals surface area (Å²) in [5, 5.41) is 18.0. The molecule has 1 aliphatic carbocycles. The summed E-state index contributed by atoms with van der Waals surface area (Å²) in [5.74, 6) is -2.87. The number of aromatic carboxylic acids is 1. The lowest BCUT2D eigenvalue weighted by molar-refractivity contribution is 0.0691. The van der Waals surface area contributed by atoms with Crippen LogP contribution >= 0.6 is 15.9 Å². The molecular weight excluding hydrogens is 369 g/mol. The summed E-state index contributed by atoms with van der Waals surface area (Å²) in [6, 6.07) is 2.00. The van der Waals surface area contributed by atoms with Crippen molar-refractivity contribution in [2.24, 2.45) is 5.41 Å². The molecule has 1 saturated carbocycles. The first-order valence-corrected chi connectivity index (χ1v) is 8.31. The third-order valence-corrected chi connectivity index (χ3v) is 5.31. The van der Waals surface area contributed by atoms with E-state index in [1.54, 1.807) is 0 Å². The molecule has 3 N–H and O–H groups in total. The molecule has 21 heavy (non-hydrogen) atoms. The first-order chi connectivity index (χ1) is 9.71. The van der Waals surface area contributed by atoms with Gasteiger partial charge in [-0.15, -0.1) is 0 Å². The number of rotatable bonds is 6. The summed E-state index contributed by atoms with van der Waals surface area (Å²) in [7, 11) is -4.20. The van der Waals surface area contributed by atoms with Crippen LogP contribution in [0, 0.1) is 11.2 Å². The van der Waals surface area contributed by atoms with Crippen molar-refractivity contribution in [3.63, 3.8) is 0 Å². The lowest BCUT2D eigenvalue weighted by atomic mass is 10.1. The number of halogens is 2. The maximum absolute atomic E-state index is 14.0. The molecule has 116 valence electrons. The summed E-state index contributed by atoms with van der Waals surface area (Å²) in [6.45, 7) is -0.170. The molecule has 0 atom stereocenters. The Labute approximate surface area is 129 Å². The fourth-order valence-electron chi connectivity index (χ4n) is 1.81. The molecule has 0 amide bonds. The van der Waals surface area contributed by atoms with Crippen LogP contribution in [-0.4, -0.2) is 37.8 Å². The monoisotopic (exact) mass is 381 g/mol. The zero-order valence-corrected chi connectivity index (χ0v) is 13.2. The highest BCUT2D eigenvalue weighted by atomic mass is 79.9. The second kappa shape index (κ2) is 5.64. The van der Waals surface area contributed by atoms with E-state index < -0.39 is 37.7 Å². The number of aliphatic hydroxyl groups is 1. The largest absolute Gasteiger partial charge is 0.478 e. The van der Waals surface area contributed by atoms with Gasteiger partial charge >= 0.3 is 5.97 Å². The third-order valence-electron chi connectivity index (χ3n) is 3.45. The Morgan fingerprint density at radius 1 is 1.43 bits per heavy atom. The Balaban J connectivity index is 2.33. The predicted octanol–water partition coefficient (Wildman–Crippen LogP) is 1.34. The third kappa shape index (κ3) is 3.42. The molecule has 0 radical (unpaired) electrons. The molecule has 6 nitrogen and oxygen atoms in total. The van der Waals surface area contributed by atoms with Crippen molar-refractivity contribution in [1.82, 2.24) is 4.72 Å². The summed E-state index contributed by atoms with van der Waals surface area (Å²) in [4.78, 5) is 10.2. The number of nitrogens with one attached hydrogen (secondary N) is 1. The van der Waals surface area contributed by atoms with Crippen molar-refractivity contribution in [3.8, 4) is 0 Å². The Hall–Kier alpha value is -1.03. The maximum Gasteiger partial charge on any atom is 0.338 e. The molecule has 0 bridgehead atoms. The molecule has 0 unspecified atom stereocenters. The lowest BCUT2D eigenvalue weighted by Crippen LogP contribution is -2.32. The minimum atomic E-state index is -4.20. The smallest absolute Gasteiger partial charge is 0.338 e. The fraction of sp³-hybridized carbons (Fsp3) is 0.417. The Morgan fingerprint density at radius 2 is 2.05 bits per heavy atom. The number of benzene rings is 1. The van der Waals surface area contributed by atoms with E-state index in [0.29, 0.717) is 12.8 Å². The number of carboxylic acids is 1. The van der Waals surface area contributed by atoms with Crippen LogP contribution in [0.4, 0.5) is 4.39 Å². The van der Waals surface area contributed by atoms with Crippen LogP contribution in [-0.2, 0) is 10.0 Å². The zero-order chi connectivity index (χ0) is 15.8. The maximum atomic E-state index is 14.0. The number of sulfonamides is 1. The van der Waals surface area contributed by atoms with Crippen LogP contribution in [0.15, 0.2) is 21.5 Å². The van der Waals surface area contributed by atoms with Gasteiger partial charge in [-0.05, 0) is 25.0 Å². The van der Waals surface area contributed by atoms with Gasteiger partial charge in [-0.1, -0.05) is 15.9 Å². The first-order valence-electron chi connectivity index (χ1n) is 6.04. The summed E-state index contributed by atoms with van der Waals surface area (Å²) < 4.78 is 40.7. The number of aliphatic hydroxyl groups excluding tert-OH is 1. The van der Waals surface area contributed by atoms with Gasteiger partial charge in [-0.3, -0.25) is 0 Å². The number of hydrogen-bond acceptors (Lipinski definition) is 4. The standard InChI is InChI=1S/C12H13BrFNO5S/c13-7-3-8(11(17)18)10(14)9(4-7)21(19,20)15-5-12(6-16)1-2-12/h3-4,15-16H,1-2,5-6H2,(H,17,18). The van der Waals surface area contributed by atoms with Crippen LogP contribution in [0.3, 0.4) is 0 Å². The Bertz CT molecular complexity index is 687. The second-order valence-corrected chi connectivity index (χ2v) is 7.70. The van der Waals surface area contributed by atoms with Gasteiger partial charge in [0.2, 0.25) is 10.0 Å². The van der Waals surface area contributed by atoms with Crippen LogP contribution < -0.4 is 4.72 Å². The van der Waals surface area contributed by atoms with Crippen molar-refractivity contribution >= 4 is 31.9 Å². The average molecular weight is 382 g/mol. The topological polar surface area (TPSA) is 104 Å². The molecule has 1 aromatic rings. The van der Waals surface area contributed by atoms with E-state index in [1.165, 1.54) is 0 Å². The van der Waals surface area contributed by atoms with Crippen molar-refractivity contribution in [3.05, 3.63) is 28.0 Å². The van der Waals surface area contributed by atoms with Crippen LogP contribution in [0.2, 0.25) is 0 Å². The van der Waals surface area contributed by atoms with Gasteiger partial charge in [0.25, 0.3) is 0 Å². The second-order valence-electron chi connectivity index (χ2n) is 5.05. The van der Waals surface area contributed by atoms with Crippen molar-refractivity contribution < 1.29 is 27.8 Å². The molecule has 1 aliphatic rings. The minimum Gasteiger partial charge on any atom is -0.478 e. The first kappa shape index (κ1) is 16.3. The van der Waals surface area contributed by atoms with Crippen LogP contribution in [0.25, 0.3) is 0 Å². The molecule has 1 fully saturated rings. The van der Waals surface area contributed by atoms with Gasteiger partial charge in [0, 0.05) is 23.0 Å².